The standard InChI is InChI=1S/C8H7BrN2/c9-8-5-7(11)2-1-6(8)3-4-10/h1-2,5H,3,11H2. The Hall–Kier alpha value is -1.01. The molecule has 0 bridgehead atoms. The summed E-state index contributed by atoms with van der Waals surface area (Å²) in [6.07, 6.45) is 0.418. The van der Waals surface area contributed by atoms with Crippen LogP contribution in [0.4, 0.5) is 5.69 Å². The molecule has 0 saturated heterocycles. The minimum Gasteiger partial charge on any atom is -0.399 e. The highest BCUT2D eigenvalue weighted by Gasteiger charge is 1.97. The molecule has 0 aliphatic heterocycles. The van der Waals surface area contributed by atoms with E-state index in [0.717, 1.165) is 10.0 Å². The van der Waals surface area contributed by atoms with Gasteiger partial charge >= 0.3 is 0 Å². The molecular formula is C8H7BrN2. The first-order valence-electron chi connectivity index (χ1n) is 3.15. The van der Waals surface area contributed by atoms with E-state index in [4.69, 9.17) is 11.0 Å². The Kier molecular flexibility index (Phi) is 2.50. The zero-order valence-corrected chi connectivity index (χ0v) is 7.43. The first-order valence-corrected chi connectivity index (χ1v) is 3.94. The molecule has 1 rings (SSSR count). The third-order valence-corrected chi connectivity index (χ3v) is 2.08. The number of nitriles is 1. The van der Waals surface area contributed by atoms with Crippen LogP contribution in [0.15, 0.2) is 22.7 Å². The number of rotatable bonds is 1. The third-order valence-electron chi connectivity index (χ3n) is 1.35. The molecule has 2 N–H and O–H groups in total. The lowest BCUT2D eigenvalue weighted by Crippen LogP contribution is -1.88. The summed E-state index contributed by atoms with van der Waals surface area (Å²) in [7, 11) is 0. The Morgan fingerprint density at radius 1 is 1.55 bits per heavy atom. The van der Waals surface area contributed by atoms with Crippen LogP contribution in [0.3, 0.4) is 0 Å². The molecule has 1 aromatic carbocycles. The molecule has 0 unspecified atom stereocenters. The number of anilines is 1. The van der Waals surface area contributed by atoms with Gasteiger partial charge in [0.05, 0.1) is 12.5 Å². The molecule has 0 aliphatic rings. The second-order valence-corrected chi connectivity index (χ2v) is 3.04. The molecule has 0 spiro atoms. The van der Waals surface area contributed by atoms with Gasteiger partial charge in [-0.3, -0.25) is 0 Å². The minimum absolute atomic E-state index is 0.418. The average molecular weight is 211 g/mol. The molecule has 11 heavy (non-hydrogen) atoms. The van der Waals surface area contributed by atoms with Crippen LogP contribution in [0, 0.1) is 11.3 Å². The Labute approximate surface area is 73.8 Å². The van der Waals surface area contributed by atoms with Crippen LogP contribution in [-0.4, -0.2) is 0 Å². The number of halogens is 1. The molecule has 2 nitrogen and oxygen atoms in total. The van der Waals surface area contributed by atoms with Gasteiger partial charge < -0.3 is 5.73 Å². The molecule has 56 valence electrons. The molecule has 0 fully saturated rings. The van der Waals surface area contributed by atoms with E-state index in [1.54, 1.807) is 12.1 Å². The summed E-state index contributed by atoms with van der Waals surface area (Å²) < 4.78 is 0.902. The molecule has 3 heteroatoms. The van der Waals surface area contributed by atoms with Gasteiger partial charge in [0.1, 0.15) is 0 Å². The number of hydrogen-bond donors (Lipinski definition) is 1. The molecule has 0 aliphatic carbocycles. The first kappa shape index (κ1) is 8.09. The molecular weight excluding hydrogens is 204 g/mol. The molecule has 0 heterocycles. The van der Waals surface area contributed by atoms with Gasteiger partial charge in [0.25, 0.3) is 0 Å². The molecule has 0 saturated carbocycles. The van der Waals surface area contributed by atoms with E-state index in [-0.39, 0.29) is 0 Å². The zero-order chi connectivity index (χ0) is 8.27. The van der Waals surface area contributed by atoms with Gasteiger partial charge in [0.2, 0.25) is 0 Å². The monoisotopic (exact) mass is 210 g/mol. The van der Waals surface area contributed by atoms with Crippen LogP contribution < -0.4 is 5.73 Å². The van der Waals surface area contributed by atoms with Crippen molar-refractivity contribution in [3.8, 4) is 6.07 Å². The molecule has 0 amide bonds. The molecule has 0 aromatic heterocycles. The highest BCUT2D eigenvalue weighted by molar-refractivity contribution is 9.10. The van der Waals surface area contributed by atoms with Crippen LogP contribution in [0.1, 0.15) is 5.56 Å². The summed E-state index contributed by atoms with van der Waals surface area (Å²) in [5.41, 5.74) is 7.19. The van der Waals surface area contributed by atoms with E-state index in [9.17, 15) is 0 Å². The lowest BCUT2D eigenvalue weighted by atomic mass is 10.1. The van der Waals surface area contributed by atoms with Gasteiger partial charge in [-0.05, 0) is 17.7 Å². The summed E-state index contributed by atoms with van der Waals surface area (Å²) in [6.45, 7) is 0. The van der Waals surface area contributed by atoms with Crippen molar-refractivity contribution < 1.29 is 0 Å². The fourth-order valence-electron chi connectivity index (χ4n) is 0.792. The topological polar surface area (TPSA) is 49.8 Å². The normalized spacial score (nSPS) is 9.09. The first-order chi connectivity index (χ1) is 5.24. The largest absolute Gasteiger partial charge is 0.399 e. The maximum Gasteiger partial charge on any atom is 0.0670 e. The number of hydrogen-bond acceptors (Lipinski definition) is 2. The Bertz CT molecular complexity index is 301. The number of nitrogens with two attached hydrogens (primary N) is 1. The smallest absolute Gasteiger partial charge is 0.0670 e. The summed E-state index contributed by atoms with van der Waals surface area (Å²) >= 11 is 3.32. The number of nitrogen functional groups attached to an aromatic ring is 1. The van der Waals surface area contributed by atoms with Crippen molar-refractivity contribution in [2.45, 2.75) is 6.42 Å². The van der Waals surface area contributed by atoms with Gasteiger partial charge in [-0.1, -0.05) is 22.0 Å². The van der Waals surface area contributed by atoms with Crippen LogP contribution in [0.2, 0.25) is 0 Å². The maximum atomic E-state index is 8.41. The second-order valence-electron chi connectivity index (χ2n) is 2.19. The molecule has 0 radical (unpaired) electrons. The summed E-state index contributed by atoms with van der Waals surface area (Å²) in [4.78, 5) is 0. The molecule has 0 atom stereocenters. The zero-order valence-electron chi connectivity index (χ0n) is 5.84. The van der Waals surface area contributed by atoms with Gasteiger partial charge in [-0.2, -0.15) is 5.26 Å². The van der Waals surface area contributed by atoms with E-state index in [1.165, 1.54) is 0 Å². The SMILES string of the molecule is N#CCc1ccc(N)cc1Br. The maximum absolute atomic E-state index is 8.41. The number of nitrogens with zero attached hydrogens (tertiary/aromatic N) is 1. The van der Waals surface area contributed by atoms with Crippen molar-refractivity contribution in [1.82, 2.24) is 0 Å². The number of benzene rings is 1. The van der Waals surface area contributed by atoms with E-state index < -0.39 is 0 Å². The quantitative estimate of drug-likeness (QED) is 0.723. The van der Waals surface area contributed by atoms with Crippen LogP contribution >= 0.6 is 15.9 Å². The summed E-state index contributed by atoms with van der Waals surface area (Å²) in [5, 5.41) is 8.41. The van der Waals surface area contributed by atoms with Gasteiger partial charge in [-0.25, -0.2) is 0 Å². The van der Waals surface area contributed by atoms with Crippen LogP contribution in [-0.2, 0) is 6.42 Å². The minimum atomic E-state index is 0.418. The fraction of sp³-hybridized carbons (Fsp3) is 0.125. The predicted octanol–water partition coefficient (Wildman–Crippen LogP) is 2.10. The van der Waals surface area contributed by atoms with E-state index in [2.05, 4.69) is 22.0 Å². The summed E-state index contributed by atoms with van der Waals surface area (Å²) in [5.74, 6) is 0. The van der Waals surface area contributed by atoms with E-state index in [0.29, 0.717) is 12.1 Å². The van der Waals surface area contributed by atoms with Crippen molar-refractivity contribution in [2.24, 2.45) is 0 Å². The Morgan fingerprint density at radius 3 is 2.82 bits per heavy atom. The van der Waals surface area contributed by atoms with Gasteiger partial charge in [0, 0.05) is 10.2 Å². The third kappa shape index (κ3) is 1.95. The van der Waals surface area contributed by atoms with Crippen molar-refractivity contribution in [3.63, 3.8) is 0 Å². The lowest BCUT2D eigenvalue weighted by Gasteiger charge is -1.99. The van der Waals surface area contributed by atoms with Crippen molar-refractivity contribution in [3.05, 3.63) is 28.2 Å². The lowest BCUT2D eigenvalue weighted by molar-refractivity contribution is 1.25. The van der Waals surface area contributed by atoms with Gasteiger partial charge in [0.15, 0.2) is 0 Å². The highest BCUT2D eigenvalue weighted by atomic mass is 79.9. The van der Waals surface area contributed by atoms with Crippen molar-refractivity contribution in [2.75, 3.05) is 5.73 Å². The summed E-state index contributed by atoms with van der Waals surface area (Å²) in [6, 6.07) is 7.51. The van der Waals surface area contributed by atoms with Crippen molar-refractivity contribution >= 4 is 21.6 Å². The van der Waals surface area contributed by atoms with E-state index in [1.807, 2.05) is 6.07 Å². The van der Waals surface area contributed by atoms with Gasteiger partial charge in [-0.15, -0.1) is 0 Å². The Morgan fingerprint density at radius 2 is 2.27 bits per heavy atom. The Balaban J connectivity index is 3.01. The second kappa shape index (κ2) is 3.40. The van der Waals surface area contributed by atoms with Crippen LogP contribution in [0.5, 0.6) is 0 Å². The highest BCUT2D eigenvalue weighted by Crippen LogP contribution is 2.19. The fourth-order valence-corrected chi connectivity index (χ4v) is 1.33. The van der Waals surface area contributed by atoms with Crippen molar-refractivity contribution in [1.29, 1.82) is 5.26 Å². The predicted molar refractivity (Wildman–Crippen MR) is 47.9 cm³/mol. The van der Waals surface area contributed by atoms with E-state index >= 15 is 0 Å². The van der Waals surface area contributed by atoms with Crippen LogP contribution in [0.25, 0.3) is 0 Å². The molecule has 1 aromatic rings. The average Bonchev–Trinajstić information content (AvgIpc) is 1.95.